The number of nitrogens with zero attached hydrogens (tertiary/aromatic N) is 2. The molecule has 0 aliphatic carbocycles. The van der Waals surface area contributed by atoms with Crippen molar-refractivity contribution in [2.24, 2.45) is 5.92 Å². The predicted octanol–water partition coefficient (Wildman–Crippen LogP) is 4.07. The van der Waals surface area contributed by atoms with Gasteiger partial charge in [0.25, 0.3) is 5.91 Å². The Bertz CT molecular complexity index is 1180. The Morgan fingerprint density at radius 2 is 1.83 bits per heavy atom. The monoisotopic (exact) mass is 490 g/mol. The molecule has 8 nitrogen and oxygen atoms in total. The van der Waals surface area contributed by atoms with E-state index in [1.165, 1.54) is 0 Å². The van der Waals surface area contributed by atoms with E-state index in [9.17, 15) is 19.2 Å². The normalized spacial score (nSPS) is 18.8. The van der Waals surface area contributed by atoms with Crippen LogP contribution in [0.25, 0.3) is 0 Å². The summed E-state index contributed by atoms with van der Waals surface area (Å²) in [5.41, 5.74) is 2.08. The molecule has 0 bridgehead atoms. The minimum Gasteiger partial charge on any atom is -0.352 e. The molecule has 2 heterocycles. The molecule has 1 atom stereocenters. The molecule has 1 saturated heterocycles. The van der Waals surface area contributed by atoms with Crippen LogP contribution in [-0.4, -0.2) is 40.7 Å². The summed E-state index contributed by atoms with van der Waals surface area (Å²) in [6.07, 6.45) is 2.17. The van der Waals surface area contributed by atoms with Crippen LogP contribution in [0.1, 0.15) is 68.8 Å². The molecule has 4 rings (SSSR count). The number of carbonyl (C=O) groups excluding carboxylic acids is 4. The first-order valence-corrected chi connectivity index (χ1v) is 12.6. The number of para-hydroxylation sites is 1. The highest BCUT2D eigenvalue weighted by Crippen LogP contribution is 2.44. The third kappa shape index (κ3) is 5.27. The molecule has 190 valence electrons. The predicted molar refractivity (Wildman–Crippen MR) is 138 cm³/mol. The largest absolute Gasteiger partial charge is 0.352 e. The highest BCUT2D eigenvalue weighted by atomic mass is 16.2. The molecule has 0 aromatic heterocycles. The molecule has 2 aromatic carbocycles. The molecular weight excluding hydrogens is 456 g/mol. The lowest BCUT2D eigenvalue weighted by Crippen LogP contribution is -2.62. The van der Waals surface area contributed by atoms with Gasteiger partial charge >= 0.3 is 0 Å². The molecule has 2 aliphatic heterocycles. The van der Waals surface area contributed by atoms with Crippen LogP contribution < -0.4 is 15.5 Å². The molecule has 0 saturated carbocycles. The molecule has 2 N–H and O–H groups in total. The second-order valence-electron chi connectivity index (χ2n) is 10.1. The SMILES string of the molecule is CC(C)CC(=O)Nc1cccc(CNC(=O)CCCN2C(=O)c3ccccc3N3C(=O)CCC23C)c1. The number of rotatable bonds is 9. The van der Waals surface area contributed by atoms with Crippen molar-refractivity contribution in [3.05, 3.63) is 59.7 Å². The summed E-state index contributed by atoms with van der Waals surface area (Å²) >= 11 is 0. The first kappa shape index (κ1) is 25.4. The summed E-state index contributed by atoms with van der Waals surface area (Å²) in [6, 6.07) is 14.6. The lowest BCUT2D eigenvalue weighted by Gasteiger charge is -2.48. The van der Waals surface area contributed by atoms with E-state index in [2.05, 4.69) is 10.6 Å². The minimum atomic E-state index is -0.709. The van der Waals surface area contributed by atoms with E-state index < -0.39 is 5.66 Å². The van der Waals surface area contributed by atoms with Crippen molar-refractivity contribution in [1.29, 1.82) is 0 Å². The molecular formula is C28H34N4O4. The molecule has 0 spiro atoms. The number of fused-ring (bicyclic) bond motifs is 3. The minimum absolute atomic E-state index is 0.0165. The zero-order valence-corrected chi connectivity index (χ0v) is 21.2. The van der Waals surface area contributed by atoms with Gasteiger partial charge in [-0.1, -0.05) is 38.1 Å². The quantitative estimate of drug-likeness (QED) is 0.554. The summed E-state index contributed by atoms with van der Waals surface area (Å²) < 4.78 is 0. The summed E-state index contributed by atoms with van der Waals surface area (Å²) in [4.78, 5) is 54.0. The van der Waals surface area contributed by atoms with E-state index in [1.54, 1.807) is 21.9 Å². The Kier molecular flexibility index (Phi) is 7.43. The van der Waals surface area contributed by atoms with Gasteiger partial charge in [0.1, 0.15) is 5.66 Å². The van der Waals surface area contributed by atoms with E-state index in [-0.39, 0.29) is 36.0 Å². The van der Waals surface area contributed by atoms with E-state index in [4.69, 9.17) is 0 Å². The van der Waals surface area contributed by atoms with Gasteiger partial charge in [0, 0.05) is 38.0 Å². The Morgan fingerprint density at radius 3 is 2.61 bits per heavy atom. The van der Waals surface area contributed by atoms with Gasteiger partial charge in [-0.3, -0.25) is 24.1 Å². The first-order valence-electron chi connectivity index (χ1n) is 12.6. The van der Waals surface area contributed by atoms with Crippen LogP contribution in [0.2, 0.25) is 0 Å². The van der Waals surface area contributed by atoms with Gasteiger partial charge in [0.05, 0.1) is 11.3 Å². The maximum atomic E-state index is 13.3. The average Bonchev–Trinajstić information content (AvgIpc) is 3.14. The smallest absolute Gasteiger partial charge is 0.257 e. The van der Waals surface area contributed by atoms with Crippen molar-refractivity contribution in [2.75, 3.05) is 16.8 Å². The van der Waals surface area contributed by atoms with Gasteiger partial charge in [-0.15, -0.1) is 0 Å². The highest BCUT2D eigenvalue weighted by molar-refractivity contribution is 6.10. The molecule has 1 unspecified atom stereocenters. The van der Waals surface area contributed by atoms with Gasteiger partial charge in [-0.25, -0.2) is 0 Å². The van der Waals surface area contributed by atoms with Crippen LogP contribution >= 0.6 is 0 Å². The summed E-state index contributed by atoms with van der Waals surface area (Å²) in [5, 5.41) is 5.81. The van der Waals surface area contributed by atoms with Crippen molar-refractivity contribution in [3.63, 3.8) is 0 Å². The molecule has 0 radical (unpaired) electrons. The fraction of sp³-hybridized carbons (Fsp3) is 0.429. The standard InChI is InChI=1S/C28H34N4O4/c1-19(2)16-25(34)30-21-9-6-8-20(17-21)18-29-24(33)12-7-15-31-27(36)22-10-4-5-11-23(22)32-26(35)13-14-28(31,32)3/h4-6,8-11,17,19H,7,12-16,18H2,1-3H3,(H,29,33)(H,30,34). The van der Waals surface area contributed by atoms with Crippen LogP contribution in [0, 0.1) is 5.92 Å². The Balaban J connectivity index is 1.31. The van der Waals surface area contributed by atoms with Crippen molar-refractivity contribution in [2.45, 2.75) is 65.1 Å². The number of anilines is 2. The molecule has 1 fully saturated rings. The van der Waals surface area contributed by atoms with E-state index in [0.29, 0.717) is 55.7 Å². The first-order chi connectivity index (χ1) is 17.2. The third-order valence-corrected chi connectivity index (χ3v) is 6.83. The van der Waals surface area contributed by atoms with Crippen molar-refractivity contribution < 1.29 is 19.2 Å². The highest BCUT2D eigenvalue weighted by Gasteiger charge is 2.52. The summed E-state index contributed by atoms with van der Waals surface area (Å²) in [7, 11) is 0. The molecule has 2 aliphatic rings. The third-order valence-electron chi connectivity index (χ3n) is 6.83. The lowest BCUT2D eigenvalue weighted by molar-refractivity contribution is -0.121. The van der Waals surface area contributed by atoms with Gasteiger partial charge in [-0.2, -0.15) is 0 Å². The maximum Gasteiger partial charge on any atom is 0.257 e. The second-order valence-corrected chi connectivity index (χ2v) is 10.1. The van der Waals surface area contributed by atoms with Gasteiger partial charge < -0.3 is 15.5 Å². The Morgan fingerprint density at radius 1 is 1.06 bits per heavy atom. The van der Waals surface area contributed by atoms with Gasteiger partial charge in [0.15, 0.2) is 0 Å². The van der Waals surface area contributed by atoms with Crippen molar-refractivity contribution in [1.82, 2.24) is 10.2 Å². The van der Waals surface area contributed by atoms with Crippen LogP contribution in [0.15, 0.2) is 48.5 Å². The summed E-state index contributed by atoms with van der Waals surface area (Å²) in [5.74, 6) is 0.0526. The molecule has 2 aromatic rings. The Hall–Kier alpha value is -3.68. The average molecular weight is 491 g/mol. The van der Waals surface area contributed by atoms with Crippen LogP contribution in [-0.2, 0) is 20.9 Å². The number of hydrogen-bond donors (Lipinski definition) is 2. The number of carbonyl (C=O) groups is 4. The fourth-order valence-electron chi connectivity index (χ4n) is 5.07. The Labute approximate surface area is 212 Å². The van der Waals surface area contributed by atoms with Crippen molar-refractivity contribution >= 4 is 35.0 Å². The number of benzene rings is 2. The van der Waals surface area contributed by atoms with E-state index in [1.807, 2.05) is 57.2 Å². The molecule has 4 amide bonds. The van der Waals surface area contributed by atoms with E-state index >= 15 is 0 Å². The fourth-order valence-corrected chi connectivity index (χ4v) is 5.07. The van der Waals surface area contributed by atoms with Gasteiger partial charge in [0.2, 0.25) is 17.7 Å². The van der Waals surface area contributed by atoms with Crippen LogP contribution in [0.3, 0.4) is 0 Å². The van der Waals surface area contributed by atoms with Crippen LogP contribution in [0.5, 0.6) is 0 Å². The van der Waals surface area contributed by atoms with Crippen LogP contribution in [0.4, 0.5) is 11.4 Å². The van der Waals surface area contributed by atoms with Crippen molar-refractivity contribution in [3.8, 4) is 0 Å². The zero-order chi connectivity index (χ0) is 25.9. The number of nitrogens with one attached hydrogen (secondary N) is 2. The second kappa shape index (κ2) is 10.5. The topological polar surface area (TPSA) is 98.8 Å². The van der Waals surface area contributed by atoms with Gasteiger partial charge in [-0.05, 0) is 55.5 Å². The maximum absolute atomic E-state index is 13.3. The molecule has 36 heavy (non-hydrogen) atoms. The lowest BCUT2D eigenvalue weighted by atomic mass is 9.98. The zero-order valence-electron chi connectivity index (χ0n) is 21.2. The number of amides is 4. The summed E-state index contributed by atoms with van der Waals surface area (Å²) in [6.45, 7) is 6.66. The number of hydrogen-bond acceptors (Lipinski definition) is 4. The van der Waals surface area contributed by atoms with E-state index in [0.717, 1.165) is 5.56 Å². The molecule has 8 heteroatoms.